The fourth-order valence-electron chi connectivity index (χ4n) is 3.63. The molecule has 0 radical (unpaired) electrons. The number of hydrogen-bond acceptors (Lipinski definition) is 4. The Morgan fingerprint density at radius 1 is 0.939 bits per heavy atom. The fourth-order valence-corrected chi connectivity index (χ4v) is 3.63. The Morgan fingerprint density at radius 2 is 1.67 bits per heavy atom. The predicted octanol–water partition coefficient (Wildman–Crippen LogP) is 5.88. The number of nitrogen functional groups attached to an aromatic ring is 1. The van der Waals surface area contributed by atoms with E-state index in [4.69, 9.17) is 5.73 Å². The van der Waals surface area contributed by atoms with Gasteiger partial charge in [-0.05, 0) is 64.1 Å². The SMILES string of the molecule is CC(C)(C)c1ccc(-c2cccc(C(O)C(=O)Nc3ccc4nc(N)ccc4c3)c2)cc1.Cl. The van der Waals surface area contributed by atoms with E-state index >= 15 is 0 Å². The number of aromatic nitrogens is 1. The summed E-state index contributed by atoms with van der Waals surface area (Å²) in [6, 6.07) is 24.7. The fraction of sp³-hybridized carbons (Fsp3) is 0.185. The summed E-state index contributed by atoms with van der Waals surface area (Å²) < 4.78 is 0. The third-order valence-corrected chi connectivity index (χ3v) is 5.51. The minimum Gasteiger partial charge on any atom is -0.384 e. The number of aliphatic hydroxyl groups excluding tert-OH is 1. The standard InChI is InChI=1S/C27H27N3O2.ClH/c1-27(2,3)21-10-7-17(8-11-21)18-5-4-6-20(15-18)25(31)26(32)29-22-12-13-23-19(16-22)9-14-24(28)30-23;/h4-16,25,31H,1-3H3,(H2,28,30)(H,29,32);1H. The van der Waals surface area contributed by atoms with Crippen molar-refractivity contribution in [3.8, 4) is 11.1 Å². The van der Waals surface area contributed by atoms with Crippen molar-refractivity contribution >= 4 is 40.7 Å². The summed E-state index contributed by atoms with van der Waals surface area (Å²) in [5.74, 6) is -0.0504. The molecular weight excluding hydrogens is 434 g/mol. The van der Waals surface area contributed by atoms with Gasteiger partial charge in [-0.25, -0.2) is 4.98 Å². The molecule has 4 aromatic rings. The van der Waals surface area contributed by atoms with E-state index in [9.17, 15) is 9.90 Å². The Labute approximate surface area is 200 Å². The molecule has 1 atom stereocenters. The highest BCUT2D eigenvalue weighted by molar-refractivity contribution is 5.97. The average molecular weight is 462 g/mol. The van der Waals surface area contributed by atoms with Crippen molar-refractivity contribution in [3.63, 3.8) is 0 Å². The van der Waals surface area contributed by atoms with E-state index in [1.165, 1.54) is 5.56 Å². The highest BCUT2D eigenvalue weighted by atomic mass is 35.5. The van der Waals surface area contributed by atoms with Crippen molar-refractivity contribution in [1.82, 2.24) is 4.98 Å². The quantitative estimate of drug-likeness (QED) is 0.354. The number of aliphatic hydroxyl groups is 1. The van der Waals surface area contributed by atoms with Crippen molar-refractivity contribution in [2.45, 2.75) is 32.3 Å². The number of pyridine rings is 1. The third kappa shape index (κ3) is 5.51. The smallest absolute Gasteiger partial charge is 0.257 e. The van der Waals surface area contributed by atoms with Crippen LogP contribution in [-0.4, -0.2) is 16.0 Å². The van der Waals surface area contributed by atoms with Gasteiger partial charge in [0.25, 0.3) is 5.91 Å². The zero-order valence-electron chi connectivity index (χ0n) is 18.9. The third-order valence-electron chi connectivity index (χ3n) is 5.51. The van der Waals surface area contributed by atoms with Gasteiger partial charge in [0.1, 0.15) is 5.82 Å². The molecule has 4 rings (SSSR count). The molecule has 0 saturated carbocycles. The number of fused-ring (bicyclic) bond motifs is 1. The number of hydrogen-bond donors (Lipinski definition) is 3. The van der Waals surface area contributed by atoms with E-state index in [2.05, 4.69) is 55.3 Å². The van der Waals surface area contributed by atoms with Gasteiger partial charge in [-0.3, -0.25) is 4.79 Å². The lowest BCUT2D eigenvalue weighted by molar-refractivity contribution is -0.124. The number of anilines is 2. The van der Waals surface area contributed by atoms with Gasteiger partial charge in [0.05, 0.1) is 5.52 Å². The van der Waals surface area contributed by atoms with Crippen LogP contribution in [0.3, 0.4) is 0 Å². The van der Waals surface area contributed by atoms with Crippen LogP contribution in [0.25, 0.3) is 22.0 Å². The van der Waals surface area contributed by atoms with Crippen LogP contribution >= 0.6 is 12.4 Å². The summed E-state index contributed by atoms with van der Waals surface area (Å²) in [6.07, 6.45) is -1.29. The van der Waals surface area contributed by atoms with Gasteiger partial charge < -0.3 is 16.2 Å². The summed E-state index contributed by atoms with van der Waals surface area (Å²) in [5, 5.41) is 14.3. The second-order valence-electron chi connectivity index (χ2n) is 8.99. The van der Waals surface area contributed by atoms with Gasteiger partial charge >= 0.3 is 0 Å². The van der Waals surface area contributed by atoms with Gasteiger partial charge in [-0.15, -0.1) is 12.4 Å². The molecule has 170 valence electrons. The van der Waals surface area contributed by atoms with Crippen LogP contribution in [0.2, 0.25) is 0 Å². The largest absolute Gasteiger partial charge is 0.384 e. The zero-order chi connectivity index (χ0) is 22.9. The number of nitrogens with two attached hydrogens (primary N) is 1. The lowest BCUT2D eigenvalue weighted by atomic mass is 9.86. The summed E-state index contributed by atoms with van der Waals surface area (Å²) in [6.45, 7) is 6.54. The molecule has 0 aliphatic carbocycles. The number of benzene rings is 3. The lowest BCUT2D eigenvalue weighted by Crippen LogP contribution is -2.20. The van der Waals surface area contributed by atoms with Crippen LogP contribution in [0, 0.1) is 0 Å². The summed E-state index contributed by atoms with van der Waals surface area (Å²) in [5.41, 5.74) is 10.9. The molecule has 1 amide bonds. The zero-order valence-corrected chi connectivity index (χ0v) is 19.7. The van der Waals surface area contributed by atoms with Gasteiger partial charge in [-0.2, -0.15) is 0 Å². The first-order chi connectivity index (χ1) is 15.2. The molecule has 33 heavy (non-hydrogen) atoms. The van der Waals surface area contributed by atoms with Crippen molar-refractivity contribution in [2.24, 2.45) is 0 Å². The minimum absolute atomic E-state index is 0. The maximum atomic E-state index is 12.7. The summed E-state index contributed by atoms with van der Waals surface area (Å²) in [7, 11) is 0. The molecule has 4 N–H and O–H groups in total. The van der Waals surface area contributed by atoms with Crippen LogP contribution < -0.4 is 11.1 Å². The maximum absolute atomic E-state index is 12.7. The highest BCUT2D eigenvalue weighted by Crippen LogP contribution is 2.28. The van der Waals surface area contributed by atoms with Crippen LogP contribution in [0.5, 0.6) is 0 Å². The molecule has 3 aromatic carbocycles. The maximum Gasteiger partial charge on any atom is 0.257 e. The first-order valence-corrected chi connectivity index (χ1v) is 10.6. The van der Waals surface area contributed by atoms with E-state index < -0.39 is 12.0 Å². The van der Waals surface area contributed by atoms with Gasteiger partial charge in [0.2, 0.25) is 0 Å². The van der Waals surface area contributed by atoms with Crippen LogP contribution in [0.15, 0.2) is 78.9 Å². The number of carbonyl (C=O) groups excluding carboxylic acids is 1. The van der Waals surface area contributed by atoms with E-state index in [1.54, 1.807) is 30.3 Å². The number of nitrogens with one attached hydrogen (secondary N) is 1. The Bertz CT molecular complexity index is 1280. The average Bonchev–Trinajstić information content (AvgIpc) is 2.78. The molecule has 0 aliphatic heterocycles. The predicted molar refractivity (Wildman–Crippen MR) is 138 cm³/mol. The highest BCUT2D eigenvalue weighted by Gasteiger charge is 2.19. The minimum atomic E-state index is -1.29. The number of carbonyl (C=O) groups is 1. The van der Waals surface area contributed by atoms with E-state index in [-0.39, 0.29) is 17.8 Å². The Morgan fingerprint density at radius 3 is 2.36 bits per heavy atom. The van der Waals surface area contributed by atoms with Gasteiger partial charge in [0, 0.05) is 11.1 Å². The Kier molecular flexibility index (Phi) is 7.06. The van der Waals surface area contributed by atoms with Crippen molar-refractivity contribution in [1.29, 1.82) is 0 Å². The number of amides is 1. The number of nitrogens with zero attached hydrogens (tertiary/aromatic N) is 1. The van der Waals surface area contributed by atoms with Crippen molar-refractivity contribution in [3.05, 3.63) is 90.0 Å². The van der Waals surface area contributed by atoms with E-state index in [0.29, 0.717) is 17.1 Å². The summed E-state index contributed by atoms with van der Waals surface area (Å²) >= 11 is 0. The normalized spacial score (nSPS) is 12.1. The number of halogens is 1. The Balaban J connectivity index is 0.00000306. The summed E-state index contributed by atoms with van der Waals surface area (Å²) in [4.78, 5) is 17.0. The van der Waals surface area contributed by atoms with Gasteiger partial charge in [-0.1, -0.05) is 63.2 Å². The molecule has 0 fully saturated rings. The van der Waals surface area contributed by atoms with Crippen molar-refractivity contribution < 1.29 is 9.90 Å². The molecule has 0 saturated heterocycles. The molecule has 0 bridgehead atoms. The number of rotatable bonds is 4. The first kappa shape index (κ1) is 24.2. The molecule has 1 unspecified atom stereocenters. The molecule has 0 aliphatic rings. The molecular formula is C27H28ClN3O2. The topological polar surface area (TPSA) is 88.2 Å². The van der Waals surface area contributed by atoms with E-state index in [1.807, 2.05) is 24.3 Å². The molecule has 5 nitrogen and oxygen atoms in total. The second-order valence-corrected chi connectivity index (χ2v) is 8.99. The molecule has 1 heterocycles. The molecule has 1 aromatic heterocycles. The van der Waals surface area contributed by atoms with Crippen LogP contribution in [0.4, 0.5) is 11.5 Å². The lowest BCUT2D eigenvalue weighted by Gasteiger charge is -2.19. The van der Waals surface area contributed by atoms with Crippen molar-refractivity contribution in [2.75, 3.05) is 11.1 Å². The van der Waals surface area contributed by atoms with Crippen LogP contribution in [-0.2, 0) is 10.2 Å². The van der Waals surface area contributed by atoms with Crippen LogP contribution in [0.1, 0.15) is 38.0 Å². The Hall–Kier alpha value is -3.41. The molecule has 0 spiro atoms. The second kappa shape index (κ2) is 9.61. The van der Waals surface area contributed by atoms with Gasteiger partial charge in [0.15, 0.2) is 6.10 Å². The monoisotopic (exact) mass is 461 g/mol. The van der Waals surface area contributed by atoms with E-state index in [0.717, 1.165) is 22.0 Å². The first-order valence-electron chi connectivity index (χ1n) is 10.6. The molecule has 6 heteroatoms.